The summed E-state index contributed by atoms with van der Waals surface area (Å²) in [6, 6.07) is 6.67. The van der Waals surface area contributed by atoms with Crippen LogP contribution < -0.4 is 5.32 Å². The number of nitrogens with one attached hydrogen (secondary N) is 1. The van der Waals surface area contributed by atoms with Crippen molar-refractivity contribution in [3.63, 3.8) is 0 Å². The molecule has 94 valence electrons. The number of hydrogen-bond acceptors (Lipinski definition) is 3. The quantitative estimate of drug-likeness (QED) is 0.607. The van der Waals surface area contributed by atoms with Crippen LogP contribution in [0.25, 0.3) is 0 Å². The van der Waals surface area contributed by atoms with Crippen LogP contribution in [0.15, 0.2) is 29.2 Å². The summed E-state index contributed by atoms with van der Waals surface area (Å²) < 4.78 is 28.0. The Morgan fingerprint density at radius 1 is 1.35 bits per heavy atom. The molecule has 1 aromatic rings. The molecule has 0 aromatic heterocycles. The number of alkyl halides is 2. The Kier molecular flexibility index (Phi) is 5.93. The Balaban J connectivity index is 2.23. The third-order valence-corrected chi connectivity index (χ3v) is 2.20. The molecule has 0 fully saturated rings. The topological polar surface area (TPSA) is 38.3 Å². The van der Waals surface area contributed by atoms with Gasteiger partial charge < -0.3 is 10.1 Å². The summed E-state index contributed by atoms with van der Waals surface area (Å²) in [5, 5.41) is 2.56. The fraction of sp³-hybridized carbons (Fsp3) is 0.364. The van der Waals surface area contributed by atoms with Gasteiger partial charge in [-0.3, -0.25) is 4.79 Å². The maximum Gasteiger partial charge on any atom is 0.261 e. The van der Waals surface area contributed by atoms with Crippen molar-refractivity contribution in [1.29, 1.82) is 0 Å². The fourth-order valence-electron chi connectivity index (χ4n) is 1.12. The molecule has 1 N–H and O–H groups in total. The standard InChI is InChI=1S/C11H13F2NO2S/c12-10(13)7-16-6-5-14-11(15)8-1-3-9(17)4-2-8/h1-4,10,17H,5-7H2,(H,14,15). The number of halogens is 2. The first-order chi connectivity index (χ1) is 8.09. The highest BCUT2D eigenvalue weighted by molar-refractivity contribution is 7.80. The van der Waals surface area contributed by atoms with Crippen molar-refractivity contribution >= 4 is 18.5 Å². The van der Waals surface area contributed by atoms with Gasteiger partial charge in [-0.2, -0.15) is 0 Å². The summed E-state index contributed by atoms with van der Waals surface area (Å²) in [4.78, 5) is 12.3. The zero-order chi connectivity index (χ0) is 12.7. The monoisotopic (exact) mass is 261 g/mol. The van der Waals surface area contributed by atoms with Crippen LogP contribution in [-0.2, 0) is 4.74 Å². The number of ether oxygens (including phenoxy) is 1. The maximum atomic E-state index is 11.7. The van der Waals surface area contributed by atoms with Gasteiger partial charge in [0.05, 0.1) is 6.61 Å². The second-order valence-corrected chi connectivity index (χ2v) is 3.79. The van der Waals surface area contributed by atoms with Crippen molar-refractivity contribution in [2.75, 3.05) is 19.8 Å². The van der Waals surface area contributed by atoms with Crippen molar-refractivity contribution in [3.8, 4) is 0 Å². The zero-order valence-corrected chi connectivity index (χ0v) is 9.92. The molecule has 3 nitrogen and oxygen atoms in total. The van der Waals surface area contributed by atoms with Gasteiger partial charge in [0, 0.05) is 17.0 Å². The lowest BCUT2D eigenvalue weighted by Gasteiger charge is -2.06. The SMILES string of the molecule is O=C(NCCOCC(F)F)c1ccc(S)cc1. The molecule has 0 aliphatic heterocycles. The van der Waals surface area contributed by atoms with Crippen molar-refractivity contribution < 1.29 is 18.3 Å². The largest absolute Gasteiger partial charge is 0.374 e. The molecule has 0 saturated heterocycles. The van der Waals surface area contributed by atoms with Gasteiger partial charge in [-0.1, -0.05) is 0 Å². The molecule has 17 heavy (non-hydrogen) atoms. The molecular formula is C11H13F2NO2S. The Bertz CT molecular complexity index is 357. The molecule has 0 aliphatic carbocycles. The van der Waals surface area contributed by atoms with Crippen LogP contribution in [0.3, 0.4) is 0 Å². The number of thiol groups is 1. The molecule has 0 saturated carbocycles. The normalized spacial score (nSPS) is 10.6. The van der Waals surface area contributed by atoms with Crippen LogP contribution in [0.2, 0.25) is 0 Å². The van der Waals surface area contributed by atoms with Crippen molar-refractivity contribution in [1.82, 2.24) is 5.32 Å². The second kappa shape index (κ2) is 7.24. The molecule has 1 rings (SSSR count). The Labute approximate surface area is 104 Å². The summed E-state index contributed by atoms with van der Waals surface area (Å²) in [5.41, 5.74) is 0.497. The average molecular weight is 261 g/mol. The van der Waals surface area contributed by atoms with Crippen LogP contribution in [-0.4, -0.2) is 32.1 Å². The van der Waals surface area contributed by atoms with Crippen LogP contribution >= 0.6 is 12.6 Å². The van der Waals surface area contributed by atoms with Gasteiger partial charge in [-0.15, -0.1) is 12.6 Å². The Morgan fingerprint density at radius 2 is 2.00 bits per heavy atom. The summed E-state index contributed by atoms with van der Waals surface area (Å²) in [6.45, 7) is -0.334. The molecule has 0 radical (unpaired) electrons. The van der Waals surface area contributed by atoms with Gasteiger partial charge in [0.2, 0.25) is 0 Å². The first-order valence-electron chi connectivity index (χ1n) is 5.02. The number of rotatable bonds is 6. The zero-order valence-electron chi connectivity index (χ0n) is 9.03. The Hall–Kier alpha value is -1.14. The fourth-order valence-corrected chi connectivity index (χ4v) is 1.27. The molecule has 0 aliphatic rings. The highest BCUT2D eigenvalue weighted by Crippen LogP contribution is 2.07. The lowest BCUT2D eigenvalue weighted by Crippen LogP contribution is -2.27. The average Bonchev–Trinajstić information content (AvgIpc) is 2.29. The minimum absolute atomic E-state index is 0.0702. The summed E-state index contributed by atoms with van der Waals surface area (Å²) in [5.74, 6) is -0.265. The third-order valence-electron chi connectivity index (χ3n) is 1.91. The van der Waals surface area contributed by atoms with Gasteiger partial charge in [0.25, 0.3) is 12.3 Å². The van der Waals surface area contributed by atoms with E-state index in [0.29, 0.717) is 5.56 Å². The smallest absolute Gasteiger partial charge is 0.261 e. The second-order valence-electron chi connectivity index (χ2n) is 3.27. The molecule has 0 spiro atoms. The molecule has 6 heteroatoms. The number of hydrogen-bond donors (Lipinski definition) is 2. The molecule has 0 bridgehead atoms. The van der Waals surface area contributed by atoms with E-state index in [4.69, 9.17) is 0 Å². The molecular weight excluding hydrogens is 248 g/mol. The molecule has 1 amide bonds. The van der Waals surface area contributed by atoms with Gasteiger partial charge in [0.1, 0.15) is 6.61 Å². The minimum Gasteiger partial charge on any atom is -0.374 e. The predicted octanol–water partition coefficient (Wildman–Crippen LogP) is 1.99. The van der Waals surface area contributed by atoms with Gasteiger partial charge >= 0.3 is 0 Å². The summed E-state index contributed by atoms with van der Waals surface area (Å²) >= 11 is 4.09. The lowest BCUT2D eigenvalue weighted by atomic mass is 10.2. The van der Waals surface area contributed by atoms with Crippen LogP contribution in [0.1, 0.15) is 10.4 Å². The van der Waals surface area contributed by atoms with E-state index in [1.54, 1.807) is 24.3 Å². The highest BCUT2D eigenvalue weighted by atomic mass is 32.1. The van der Waals surface area contributed by atoms with Crippen molar-refractivity contribution in [2.45, 2.75) is 11.3 Å². The van der Waals surface area contributed by atoms with E-state index in [2.05, 4.69) is 22.7 Å². The van der Waals surface area contributed by atoms with E-state index in [1.807, 2.05) is 0 Å². The van der Waals surface area contributed by atoms with E-state index in [1.165, 1.54) is 0 Å². The molecule has 0 unspecified atom stereocenters. The third kappa shape index (κ3) is 5.65. The molecule has 0 atom stereocenters. The van der Waals surface area contributed by atoms with Gasteiger partial charge in [-0.05, 0) is 24.3 Å². The number of carbonyl (C=O) groups excluding carboxylic acids is 1. The minimum atomic E-state index is -2.48. The van der Waals surface area contributed by atoms with E-state index in [0.717, 1.165) is 4.90 Å². The van der Waals surface area contributed by atoms with Gasteiger partial charge in [0.15, 0.2) is 0 Å². The first kappa shape index (κ1) is 13.9. The Morgan fingerprint density at radius 3 is 2.59 bits per heavy atom. The van der Waals surface area contributed by atoms with Crippen LogP contribution in [0, 0.1) is 0 Å². The van der Waals surface area contributed by atoms with Gasteiger partial charge in [-0.25, -0.2) is 8.78 Å². The van der Waals surface area contributed by atoms with Crippen molar-refractivity contribution in [3.05, 3.63) is 29.8 Å². The highest BCUT2D eigenvalue weighted by Gasteiger charge is 2.05. The van der Waals surface area contributed by atoms with E-state index >= 15 is 0 Å². The summed E-state index contributed by atoms with van der Waals surface area (Å²) in [6.07, 6.45) is -2.48. The number of carbonyl (C=O) groups is 1. The van der Waals surface area contributed by atoms with Crippen molar-refractivity contribution in [2.24, 2.45) is 0 Å². The maximum absolute atomic E-state index is 11.7. The van der Waals surface area contributed by atoms with E-state index in [9.17, 15) is 13.6 Å². The summed E-state index contributed by atoms with van der Waals surface area (Å²) in [7, 11) is 0. The molecule has 0 heterocycles. The first-order valence-corrected chi connectivity index (χ1v) is 5.47. The molecule has 1 aromatic carbocycles. The van der Waals surface area contributed by atoms with Crippen LogP contribution in [0.5, 0.6) is 0 Å². The van der Waals surface area contributed by atoms with E-state index < -0.39 is 13.0 Å². The lowest BCUT2D eigenvalue weighted by molar-refractivity contribution is 0.0188. The number of amides is 1. The van der Waals surface area contributed by atoms with Crippen LogP contribution in [0.4, 0.5) is 8.78 Å². The predicted molar refractivity (Wildman–Crippen MR) is 62.9 cm³/mol. The number of benzene rings is 1. The van der Waals surface area contributed by atoms with E-state index in [-0.39, 0.29) is 19.1 Å².